The van der Waals surface area contributed by atoms with Crippen LogP contribution < -0.4 is 0 Å². The number of H-pyrrole nitrogens is 1. The van der Waals surface area contributed by atoms with Gasteiger partial charge in [-0.3, -0.25) is 9.59 Å². The van der Waals surface area contributed by atoms with E-state index >= 15 is 0 Å². The second-order valence-corrected chi connectivity index (χ2v) is 7.30. The van der Waals surface area contributed by atoms with Crippen LogP contribution in [0.2, 0.25) is 0 Å². The Hall–Kier alpha value is -2.96. The molecule has 0 saturated carbocycles. The summed E-state index contributed by atoms with van der Waals surface area (Å²) in [5.41, 5.74) is 0.362. The lowest BCUT2D eigenvalue weighted by Gasteiger charge is -2.30. The van der Waals surface area contributed by atoms with E-state index < -0.39 is 23.5 Å². The van der Waals surface area contributed by atoms with Crippen molar-refractivity contribution in [2.24, 2.45) is 0 Å². The van der Waals surface area contributed by atoms with Gasteiger partial charge in [0, 0.05) is 28.9 Å². The number of aromatic nitrogens is 1. The number of benzene rings is 1. The SMILES string of the molecule is CCOC(=O)c1c(C)[nH]c(C(=O)C(=O)N(C(C)C)C(C)C)c1-c1ccccc1F. The van der Waals surface area contributed by atoms with Gasteiger partial charge in [-0.25, -0.2) is 9.18 Å². The second-order valence-electron chi connectivity index (χ2n) is 7.30. The lowest BCUT2D eigenvalue weighted by atomic mass is 9.97. The van der Waals surface area contributed by atoms with Crippen molar-refractivity contribution in [2.45, 2.75) is 53.6 Å². The zero-order valence-electron chi connectivity index (χ0n) is 17.6. The van der Waals surface area contributed by atoms with Crippen LogP contribution in [0.3, 0.4) is 0 Å². The Balaban J connectivity index is 2.71. The molecule has 29 heavy (non-hydrogen) atoms. The van der Waals surface area contributed by atoms with Crippen LogP contribution in [0.15, 0.2) is 24.3 Å². The van der Waals surface area contributed by atoms with E-state index in [4.69, 9.17) is 4.74 Å². The third-order valence-electron chi connectivity index (χ3n) is 4.58. The summed E-state index contributed by atoms with van der Waals surface area (Å²) in [6.45, 7) is 10.6. The Morgan fingerprint density at radius 3 is 2.21 bits per heavy atom. The standard InChI is InChI=1S/C22H27FN2O4/c1-7-29-22(28)17-14(6)24-19(18(17)15-10-8-9-11-16(15)23)20(26)21(27)25(12(2)3)13(4)5/h8-13,24H,7H2,1-6H3. The van der Waals surface area contributed by atoms with Gasteiger partial charge in [0.15, 0.2) is 0 Å². The van der Waals surface area contributed by atoms with Crippen molar-refractivity contribution in [3.63, 3.8) is 0 Å². The lowest BCUT2D eigenvalue weighted by Crippen LogP contribution is -2.45. The van der Waals surface area contributed by atoms with Crippen molar-refractivity contribution >= 4 is 17.7 Å². The summed E-state index contributed by atoms with van der Waals surface area (Å²) in [7, 11) is 0. The van der Waals surface area contributed by atoms with Gasteiger partial charge in [-0.2, -0.15) is 0 Å². The number of aryl methyl sites for hydroxylation is 1. The number of rotatable bonds is 7. The molecule has 0 bridgehead atoms. The third-order valence-corrected chi connectivity index (χ3v) is 4.58. The number of ether oxygens (including phenoxy) is 1. The predicted octanol–water partition coefficient (Wildman–Crippen LogP) is 4.13. The Labute approximate surface area is 170 Å². The number of carbonyl (C=O) groups excluding carboxylic acids is 3. The number of hydrogen-bond acceptors (Lipinski definition) is 4. The number of nitrogens with one attached hydrogen (secondary N) is 1. The van der Waals surface area contributed by atoms with Crippen molar-refractivity contribution in [3.8, 4) is 11.1 Å². The lowest BCUT2D eigenvalue weighted by molar-refractivity contribution is -0.129. The van der Waals surface area contributed by atoms with Gasteiger partial charge in [0.05, 0.1) is 12.2 Å². The van der Waals surface area contributed by atoms with Crippen molar-refractivity contribution in [3.05, 3.63) is 47.0 Å². The molecule has 0 aliphatic heterocycles. The summed E-state index contributed by atoms with van der Waals surface area (Å²) in [5.74, 6) is -2.84. The molecule has 0 atom stereocenters. The Morgan fingerprint density at radius 1 is 1.10 bits per heavy atom. The van der Waals surface area contributed by atoms with Crippen LogP contribution in [-0.2, 0) is 9.53 Å². The van der Waals surface area contributed by atoms with Gasteiger partial charge in [0.1, 0.15) is 11.5 Å². The molecule has 0 saturated heterocycles. The average molecular weight is 402 g/mol. The molecule has 1 aromatic heterocycles. The van der Waals surface area contributed by atoms with Gasteiger partial charge < -0.3 is 14.6 Å². The van der Waals surface area contributed by atoms with E-state index in [9.17, 15) is 18.8 Å². The molecule has 0 spiro atoms. The highest BCUT2D eigenvalue weighted by Gasteiger charge is 2.34. The highest BCUT2D eigenvalue weighted by Crippen LogP contribution is 2.33. The number of ketones is 1. The van der Waals surface area contributed by atoms with E-state index in [1.54, 1.807) is 19.9 Å². The van der Waals surface area contributed by atoms with Crippen LogP contribution in [0.1, 0.15) is 61.2 Å². The number of Topliss-reactive ketones (excluding diaryl/α,β-unsaturated/α-hetero) is 1. The number of esters is 1. The maximum atomic E-state index is 14.6. The summed E-state index contributed by atoms with van der Waals surface area (Å²) < 4.78 is 19.7. The highest BCUT2D eigenvalue weighted by atomic mass is 19.1. The minimum absolute atomic E-state index is 0.0462. The number of halogens is 1. The Bertz CT molecular complexity index is 923. The minimum atomic E-state index is -0.829. The zero-order chi connectivity index (χ0) is 21.9. The van der Waals surface area contributed by atoms with E-state index in [-0.39, 0.29) is 41.1 Å². The molecule has 0 aliphatic rings. The fourth-order valence-electron chi connectivity index (χ4n) is 3.48. The van der Waals surface area contributed by atoms with Gasteiger partial charge in [-0.05, 0) is 47.6 Å². The molecule has 156 valence electrons. The molecule has 6 nitrogen and oxygen atoms in total. The monoisotopic (exact) mass is 402 g/mol. The molecule has 1 amide bonds. The number of nitrogens with zero attached hydrogens (tertiary/aromatic N) is 1. The fourth-order valence-corrected chi connectivity index (χ4v) is 3.48. The Kier molecular flexibility index (Phi) is 6.95. The molecule has 0 unspecified atom stereocenters. The first kappa shape index (κ1) is 22.3. The van der Waals surface area contributed by atoms with E-state index in [1.165, 1.54) is 23.1 Å². The molecule has 0 fully saturated rings. The van der Waals surface area contributed by atoms with E-state index in [0.29, 0.717) is 5.69 Å². The summed E-state index contributed by atoms with van der Waals surface area (Å²) in [4.78, 5) is 42.9. The minimum Gasteiger partial charge on any atom is -0.462 e. The van der Waals surface area contributed by atoms with Crippen molar-refractivity contribution in [1.82, 2.24) is 9.88 Å². The van der Waals surface area contributed by atoms with Crippen molar-refractivity contribution in [2.75, 3.05) is 6.61 Å². The largest absolute Gasteiger partial charge is 0.462 e. The summed E-state index contributed by atoms with van der Waals surface area (Å²) in [5, 5.41) is 0. The fraction of sp³-hybridized carbons (Fsp3) is 0.409. The van der Waals surface area contributed by atoms with Crippen LogP contribution in [0, 0.1) is 12.7 Å². The number of hydrogen-bond donors (Lipinski definition) is 1. The maximum Gasteiger partial charge on any atom is 0.340 e. The first-order valence-electron chi connectivity index (χ1n) is 9.63. The molecule has 2 aromatic rings. The first-order valence-corrected chi connectivity index (χ1v) is 9.63. The highest BCUT2D eigenvalue weighted by molar-refractivity contribution is 6.43. The van der Waals surface area contributed by atoms with E-state index in [1.807, 2.05) is 27.7 Å². The first-order chi connectivity index (χ1) is 13.6. The van der Waals surface area contributed by atoms with Gasteiger partial charge in [0.25, 0.3) is 11.7 Å². The summed E-state index contributed by atoms with van der Waals surface area (Å²) in [6.07, 6.45) is 0. The van der Waals surface area contributed by atoms with Crippen LogP contribution in [0.4, 0.5) is 4.39 Å². The van der Waals surface area contributed by atoms with Crippen molar-refractivity contribution in [1.29, 1.82) is 0 Å². The zero-order valence-corrected chi connectivity index (χ0v) is 17.6. The smallest absolute Gasteiger partial charge is 0.340 e. The molecule has 0 radical (unpaired) electrons. The van der Waals surface area contributed by atoms with Crippen LogP contribution in [-0.4, -0.2) is 46.2 Å². The van der Waals surface area contributed by atoms with Gasteiger partial charge in [0.2, 0.25) is 0 Å². The molecular formula is C22H27FN2O4. The number of carbonyl (C=O) groups is 3. The van der Waals surface area contributed by atoms with Crippen molar-refractivity contribution < 1.29 is 23.5 Å². The topological polar surface area (TPSA) is 79.5 Å². The third kappa shape index (κ3) is 4.39. The molecule has 0 aliphatic carbocycles. The predicted molar refractivity (Wildman–Crippen MR) is 108 cm³/mol. The van der Waals surface area contributed by atoms with E-state index in [2.05, 4.69) is 4.98 Å². The summed E-state index contributed by atoms with van der Waals surface area (Å²) in [6, 6.07) is 5.39. The summed E-state index contributed by atoms with van der Waals surface area (Å²) >= 11 is 0. The van der Waals surface area contributed by atoms with Crippen LogP contribution >= 0.6 is 0 Å². The number of aromatic amines is 1. The second kappa shape index (κ2) is 9.03. The number of amides is 1. The molecule has 1 aromatic carbocycles. The average Bonchev–Trinajstić information content (AvgIpc) is 2.98. The van der Waals surface area contributed by atoms with E-state index in [0.717, 1.165) is 0 Å². The molecule has 2 rings (SSSR count). The Morgan fingerprint density at radius 2 is 1.69 bits per heavy atom. The van der Waals surface area contributed by atoms with Crippen LogP contribution in [0.5, 0.6) is 0 Å². The van der Waals surface area contributed by atoms with Crippen LogP contribution in [0.25, 0.3) is 11.1 Å². The normalized spacial score (nSPS) is 11.1. The molecule has 7 heteroatoms. The van der Waals surface area contributed by atoms with Gasteiger partial charge in [-0.15, -0.1) is 0 Å². The molecular weight excluding hydrogens is 375 g/mol. The molecule has 1 heterocycles. The quantitative estimate of drug-likeness (QED) is 0.429. The van der Waals surface area contributed by atoms with Gasteiger partial charge >= 0.3 is 5.97 Å². The molecule has 1 N–H and O–H groups in total. The maximum absolute atomic E-state index is 14.6. The van der Waals surface area contributed by atoms with Gasteiger partial charge in [-0.1, -0.05) is 18.2 Å².